The van der Waals surface area contributed by atoms with Gasteiger partial charge >= 0.3 is 0 Å². The monoisotopic (exact) mass is 502 g/mol. The molecule has 5 aromatic rings. The lowest BCUT2D eigenvalue weighted by molar-refractivity contribution is 0.104. The third-order valence-corrected chi connectivity index (χ3v) is 6.86. The lowest BCUT2D eigenvalue weighted by Gasteiger charge is -2.08. The van der Waals surface area contributed by atoms with Gasteiger partial charge in [-0.15, -0.1) is 0 Å². The Kier molecular flexibility index (Phi) is 5.50. The van der Waals surface area contributed by atoms with E-state index < -0.39 is 0 Å². The van der Waals surface area contributed by atoms with Gasteiger partial charge in [0.05, 0.1) is 30.4 Å². The second-order valence-electron chi connectivity index (χ2n) is 8.98. The maximum absolute atomic E-state index is 13.5. The molecule has 0 unspecified atom stereocenters. The van der Waals surface area contributed by atoms with Crippen LogP contribution in [0, 0.1) is 24.5 Å². The zero-order chi connectivity index (χ0) is 27.1. The first-order valence-corrected chi connectivity index (χ1v) is 12.0. The predicted octanol–water partition coefficient (Wildman–Crippen LogP) is 7.02. The van der Waals surface area contributed by atoms with Gasteiger partial charge in [-0.3, -0.25) is 9.36 Å². The molecule has 2 aromatic heterocycles. The maximum atomic E-state index is 13.5. The number of para-hydroxylation sites is 1. The molecular weight excluding hydrogens is 484 g/mol. The first kappa shape index (κ1) is 23.4. The third kappa shape index (κ3) is 3.64. The number of benzene rings is 3. The van der Waals surface area contributed by atoms with Crippen LogP contribution in [0.5, 0.6) is 0 Å². The molecule has 0 radical (unpaired) electrons. The van der Waals surface area contributed by atoms with Gasteiger partial charge in [-0.1, -0.05) is 66.7 Å². The summed E-state index contributed by atoms with van der Waals surface area (Å²) in [5.41, 5.74) is 6.35. The molecule has 0 bridgehead atoms. The average Bonchev–Trinajstić information content (AvgIpc) is 3.59. The molecule has 2 heterocycles. The lowest BCUT2D eigenvalue weighted by Crippen LogP contribution is -2.01. The van der Waals surface area contributed by atoms with Gasteiger partial charge in [0.2, 0.25) is 0 Å². The van der Waals surface area contributed by atoms with Crippen LogP contribution >= 0.6 is 0 Å². The number of nitriles is 1. The van der Waals surface area contributed by atoms with Crippen molar-refractivity contribution in [3.8, 4) is 23.0 Å². The number of rotatable bonds is 3. The highest BCUT2D eigenvalue weighted by molar-refractivity contribution is 6.29. The van der Waals surface area contributed by atoms with Crippen molar-refractivity contribution < 1.29 is 4.79 Å². The van der Waals surface area contributed by atoms with Gasteiger partial charge in [0.1, 0.15) is 5.82 Å². The molecular formula is C32H18N6O. The van der Waals surface area contributed by atoms with Crippen molar-refractivity contribution in [2.75, 3.05) is 0 Å². The number of carbonyl (C=O) groups is 1. The fourth-order valence-corrected chi connectivity index (χ4v) is 5.05. The van der Waals surface area contributed by atoms with E-state index in [-0.39, 0.29) is 17.1 Å². The molecule has 7 nitrogen and oxygen atoms in total. The van der Waals surface area contributed by atoms with Gasteiger partial charge < -0.3 is 4.57 Å². The molecule has 6 rings (SSSR count). The smallest absolute Gasteiger partial charge is 0.270 e. The molecule has 182 valence electrons. The Morgan fingerprint density at radius 1 is 0.974 bits per heavy atom. The van der Waals surface area contributed by atoms with Crippen LogP contribution in [-0.2, 0) is 7.05 Å². The van der Waals surface area contributed by atoms with Gasteiger partial charge in [0, 0.05) is 29.4 Å². The Bertz CT molecular complexity index is 1980. The quantitative estimate of drug-likeness (QED) is 0.151. The molecule has 0 atom stereocenters. The van der Waals surface area contributed by atoms with Crippen LogP contribution in [-0.4, -0.2) is 19.9 Å². The van der Waals surface area contributed by atoms with Gasteiger partial charge in [-0.05, 0) is 35.4 Å². The zero-order valence-electron chi connectivity index (χ0n) is 20.8. The van der Waals surface area contributed by atoms with Gasteiger partial charge in [-0.2, -0.15) is 0 Å². The summed E-state index contributed by atoms with van der Waals surface area (Å²) in [4.78, 5) is 25.4. The van der Waals surface area contributed by atoms with Crippen LogP contribution in [0.15, 0.2) is 96.2 Å². The minimum Gasteiger partial charge on any atom is -0.327 e. The van der Waals surface area contributed by atoms with E-state index in [1.165, 1.54) is 0 Å². The van der Waals surface area contributed by atoms with Crippen molar-refractivity contribution >= 4 is 34.3 Å². The van der Waals surface area contributed by atoms with Crippen LogP contribution in [0.25, 0.3) is 49.4 Å². The van der Waals surface area contributed by atoms with E-state index >= 15 is 0 Å². The summed E-state index contributed by atoms with van der Waals surface area (Å²) in [6.07, 6.45) is 1.68. The van der Waals surface area contributed by atoms with Crippen LogP contribution in [0.4, 0.5) is 5.69 Å². The van der Waals surface area contributed by atoms with Crippen molar-refractivity contribution in [1.29, 1.82) is 5.26 Å². The number of ketones is 1. The Morgan fingerprint density at radius 2 is 1.67 bits per heavy atom. The zero-order valence-corrected chi connectivity index (χ0v) is 20.8. The number of nitrogens with zero attached hydrogens (tertiary/aromatic N) is 6. The van der Waals surface area contributed by atoms with E-state index in [4.69, 9.17) is 18.1 Å². The summed E-state index contributed by atoms with van der Waals surface area (Å²) in [5.74, 6) is 0.261. The van der Waals surface area contributed by atoms with E-state index in [0.29, 0.717) is 33.9 Å². The van der Waals surface area contributed by atoms with E-state index in [1.807, 2.05) is 70.8 Å². The second kappa shape index (κ2) is 9.16. The fraction of sp³-hybridized carbons (Fsp3) is 0.0312. The minimum absolute atomic E-state index is 0.132. The molecule has 1 aliphatic carbocycles. The number of carbonyl (C=O) groups excluding carboxylic acids is 1. The Balaban J connectivity index is 1.61. The van der Waals surface area contributed by atoms with Crippen molar-refractivity contribution in [3.63, 3.8) is 0 Å². The second-order valence-corrected chi connectivity index (χ2v) is 8.98. The molecule has 7 heteroatoms. The first-order valence-electron chi connectivity index (χ1n) is 12.0. The molecule has 1 aliphatic rings. The van der Waals surface area contributed by atoms with Crippen LogP contribution in [0.3, 0.4) is 0 Å². The van der Waals surface area contributed by atoms with Gasteiger partial charge in [0.15, 0.2) is 17.1 Å². The summed E-state index contributed by atoms with van der Waals surface area (Å²) in [7, 11) is 1.92. The Labute approximate surface area is 224 Å². The molecule has 0 aliphatic heterocycles. The van der Waals surface area contributed by atoms with Crippen LogP contribution < -0.4 is 0 Å². The number of Topliss-reactive ketones (excluding diaryl/α,β-unsaturated/α-hetero) is 1. The highest BCUT2D eigenvalue weighted by Crippen LogP contribution is 2.41. The number of aromatic nitrogens is 3. The van der Waals surface area contributed by atoms with E-state index in [2.05, 4.69) is 9.69 Å². The average molecular weight is 503 g/mol. The third-order valence-electron chi connectivity index (χ3n) is 6.86. The molecule has 0 saturated carbocycles. The summed E-state index contributed by atoms with van der Waals surface area (Å²) < 4.78 is 3.95. The van der Waals surface area contributed by atoms with E-state index in [9.17, 15) is 10.1 Å². The van der Waals surface area contributed by atoms with Gasteiger partial charge in [-0.25, -0.2) is 19.9 Å². The molecule has 0 fully saturated rings. The highest BCUT2D eigenvalue weighted by Gasteiger charge is 2.33. The largest absolute Gasteiger partial charge is 0.327 e. The Morgan fingerprint density at radius 3 is 2.33 bits per heavy atom. The summed E-state index contributed by atoms with van der Waals surface area (Å²) in [6.45, 7) is 14.8. The summed E-state index contributed by atoms with van der Waals surface area (Å²) in [6, 6.07) is 28.1. The lowest BCUT2D eigenvalue weighted by atomic mass is 10.0. The molecule has 0 spiro atoms. The van der Waals surface area contributed by atoms with Gasteiger partial charge in [0.25, 0.3) is 5.70 Å². The normalized spacial score (nSPS) is 14.6. The number of fused-ring (bicyclic) bond motifs is 2. The number of allylic oxidation sites excluding steroid dienone is 3. The van der Waals surface area contributed by atoms with Crippen LogP contribution in [0.1, 0.15) is 21.7 Å². The molecule has 0 amide bonds. The minimum atomic E-state index is -0.246. The molecule has 0 N–H and O–H groups in total. The number of hydrogen-bond acceptors (Lipinski definition) is 3. The molecule has 3 aromatic carbocycles. The first-order chi connectivity index (χ1) is 19.0. The van der Waals surface area contributed by atoms with Crippen molar-refractivity contribution in [1.82, 2.24) is 14.1 Å². The van der Waals surface area contributed by atoms with Crippen LogP contribution in [0.2, 0.25) is 0 Å². The number of hydrogen-bond donors (Lipinski definition) is 0. The highest BCUT2D eigenvalue weighted by atomic mass is 16.1. The fourth-order valence-electron chi connectivity index (χ4n) is 5.05. The van der Waals surface area contributed by atoms with E-state index in [1.54, 1.807) is 42.5 Å². The summed E-state index contributed by atoms with van der Waals surface area (Å²) >= 11 is 0. The standard InChI is InChI=1S/C32H18N6O/c1-34-21-15-13-20(14-16-21)27-18-28-32(37(27)3)36-29(38(28)22-9-5-4-6-10-22)17-25-30(26(19-33)35-2)23-11-7-8-12-24(23)31(25)39/h4-18H,3H3/b25-17-,30-26-. The summed E-state index contributed by atoms with van der Waals surface area (Å²) in [5, 5.41) is 9.70. The van der Waals surface area contributed by atoms with E-state index in [0.717, 1.165) is 22.5 Å². The molecule has 39 heavy (non-hydrogen) atoms. The number of aryl methyl sites for hydroxylation is 1. The van der Waals surface area contributed by atoms with Crippen molar-refractivity contribution in [2.45, 2.75) is 0 Å². The predicted molar refractivity (Wildman–Crippen MR) is 150 cm³/mol. The van der Waals surface area contributed by atoms with Crippen molar-refractivity contribution in [3.05, 3.63) is 136 Å². The Hall–Kier alpha value is -5.97. The van der Waals surface area contributed by atoms with Crippen molar-refractivity contribution in [2.24, 2.45) is 7.05 Å². The topological polar surface area (TPSA) is 72.3 Å². The molecule has 0 saturated heterocycles. The number of imidazole rings is 1. The maximum Gasteiger partial charge on any atom is 0.270 e. The SMILES string of the molecule is [C-]#[N+]/C(C#N)=C1\C(=C\c2nc3c(cc(-c4ccc([N+]#[C-])cc4)n3C)n2-c2ccccc2)C(=O)c2ccccc21.